The monoisotopic (exact) mass is 475 g/mol. The number of aromatic nitrogens is 4. The number of halogens is 1. The van der Waals surface area contributed by atoms with E-state index in [2.05, 4.69) is 32.2 Å². The van der Waals surface area contributed by atoms with Gasteiger partial charge in [-0.05, 0) is 55.6 Å². The molecule has 0 aliphatic carbocycles. The number of nitrogens with two attached hydrogens (primary N) is 1. The van der Waals surface area contributed by atoms with Crippen LogP contribution in [-0.4, -0.2) is 38.7 Å². The van der Waals surface area contributed by atoms with Gasteiger partial charge in [-0.25, -0.2) is 9.97 Å². The van der Waals surface area contributed by atoms with E-state index in [-0.39, 0.29) is 11.9 Å². The molecule has 1 aliphatic heterocycles. The van der Waals surface area contributed by atoms with Crippen LogP contribution in [0.4, 0.5) is 11.6 Å². The SMILES string of the molecule is CCc1cnc(N)c2c(-c3ccc(C(=O)Nc4ccccn4)cc3Cl)nn([C@@H]3CCCNC3)c12. The smallest absolute Gasteiger partial charge is 0.256 e. The molecule has 174 valence electrons. The Balaban J connectivity index is 1.58. The number of anilines is 2. The van der Waals surface area contributed by atoms with Crippen molar-refractivity contribution in [3.05, 3.63) is 64.9 Å². The number of amides is 1. The third-order valence-corrected chi connectivity index (χ3v) is 6.53. The van der Waals surface area contributed by atoms with Crippen molar-refractivity contribution >= 4 is 40.0 Å². The van der Waals surface area contributed by atoms with Gasteiger partial charge in [0.1, 0.15) is 17.3 Å². The lowest BCUT2D eigenvalue weighted by atomic mass is 10.0. The van der Waals surface area contributed by atoms with Crippen LogP contribution in [0.15, 0.2) is 48.8 Å². The second kappa shape index (κ2) is 9.40. The van der Waals surface area contributed by atoms with Crippen LogP contribution in [-0.2, 0) is 6.42 Å². The van der Waals surface area contributed by atoms with Crippen LogP contribution in [0.1, 0.15) is 41.7 Å². The van der Waals surface area contributed by atoms with E-state index in [0.29, 0.717) is 33.5 Å². The number of nitrogens with zero attached hydrogens (tertiary/aromatic N) is 4. The number of rotatable bonds is 5. The molecule has 0 spiro atoms. The molecule has 0 saturated carbocycles. The Hall–Kier alpha value is -3.49. The van der Waals surface area contributed by atoms with Crippen LogP contribution >= 0.6 is 11.6 Å². The van der Waals surface area contributed by atoms with Crippen molar-refractivity contribution in [2.75, 3.05) is 24.1 Å². The summed E-state index contributed by atoms with van der Waals surface area (Å²) in [6.45, 7) is 3.97. The van der Waals surface area contributed by atoms with Gasteiger partial charge >= 0.3 is 0 Å². The Labute approximate surface area is 202 Å². The normalized spacial score (nSPS) is 16.0. The number of nitrogens with one attached hydrogen (secondary N) is 2. The minimum Gasteiger partial charge on any atom is -0.383 e. The third-order valence-electron chi connectivity index (χ3n) is 6.22. The van der Waals surface area contributed by atoms with Crippen LogP contribution in [0.2, 0.25) is 5.02 Å². The molecule has 8 nitrogen and oxygen atoms in total. The molecule has 1 fully saturated rings. The number of piperidine rings is 1. The van der Waals surface area contributed by atoms with Crippen molar-refractivity contribution < 1.29 is 4.79 Å². The second-order valence-electron chi connectivity index (χ2n) is 8.40. The van der Waals surface area contributed by atoms with E-state index in [9.17, 15) is 4.79 Å². The van der Waals surface area contributed by atoms with Crippen LogP contribution in [0.25, 0.3) is 22.2 Å². The zero-order valence-electron chi connectivity index (χ0n) is 18.9. The Bertz CT molecular complexity index is 1350. The molecule has 4 N–H and O–H groups in total. The fourth-order valence-electron chi connectivity index (χ4n) is 4.49. The molecule has 1 atom stereocenters. The number of nitrogen functional groups attached to an aromatic ring is 1. The highest BCUT2D eigenvalue weighted by Crippen LogP contribution is 2.38. The van der Waals surface area contributed by atoms with Crippen LogP contribution in [0.5, 0.6) is 0 Å². The van der Waals surface area contributed by atoms with Crippen LogP contribution in [0, 0.1) is 0 Å². The first kappa shape index (κ1) is 22.3. The molecule has 4 heterocycles. The summed E-state index contributed by atoms with van der Waals surface area (Å²) in [7, 11) is 0. The van der Waals surface area contributed by atoms with Gasteiger partial charge in [-0.1, -0.05) is 30.7 Å². The summed E-state index contributed by atoms with van der Waals surface area (Å²) in [5.41, 5.74) is 10.3. The van der Waals surface area contributed by atoms with Crippen molar-refractivity contribution in [1.29, 1.82) is 0 Å². The Morgan fingerprint density at radius 1 is 1.29 bits per heavy atom. The first-order valence-corrected chi connectivity index (χ1v) is 11.8. The molecule has 1 aromatic carbocycles. The van der Waals surface area contributed by atoms with Gasteiger partial charge in [0, 0.05) is 30.1 Å². The Morgan fingerprint density at radius 3 is 2.88 bits per heavy atom. The van der Waals surface area contributed by atoms with E-state index in [1.807, 2.05) is 18.3 Å². The summed E-state index contributed by atoms with van der Waals surface area (Å²) >= 11 is 6.71. The maximum atomic E-state index is 12.7. The number of aryl methyl sites for hydroxylation is 1. The highest BCUT2D eigenvalue weighted by molar-refractivity contribution is 6.34. The number of fused-ring (bicyclic) bond motifs is 1. The van der Waals surface area contributed by atoms with Crippen molar-refractivity contribution in [2.24, 2.45) is 0 Å². The molecule has 1 amide bonds. The molecular weight excluding hydrogens is 450 g/mol. The average Bonchev–Trinajstić information content (AvgIpc) is 3.27. The summed E-state index contributed by atoms with van der Waals surface area (Å²) in [4.78, 5) is 21.3. The summed E-state index contributed by atoms with van der Waals surface area (Å²) in [5.74, 6) is 0.611. The molecule has 34 heavy (non-hydrogen) atoms. The molecule has 1 saturated heterocycles. The fraction of sp³-hybridized carbons (Fsp3) is 0.280. The lowest BCUT2D eigenvalue weighted by molar-refractivity contribution is 0.102. The first-order valence-electron chi connectivity index (χ1n) is 11.5. The number of benzene rings is 1. The molecule has 0 unspecified atom stereocenters. The van der Waals surface area contributed by atoms with Crippen molar-refractivity contribution in [3.8, 4) is 11.3 Å². The van der Waals surface area contributed by atoms with Gasteiger partial charge in [-0.2, -0.15) is 5.10 Å². The molecule has 9 heteroatoms. The van der Waals surface area contributed by atoms with E-state index < -0.39 is 0 Å². The summed E-state index contributed by atoms with van der Waals surface area (Å²) in [6, 6.07) is 10.8. The summed E-state index contributed by atoms with van der Waals surface area (Å²) in [5, 5.41) is 12.5. The van der Waals surface area contributed by atoms with Crippen molar-refractivity contribution in [3.63, 3.8) is 0 Å². The third kappa shape index (κ3) is 4.10. The highest BCUT2D eigenvalue weighted by Gasteiger charge is 2.25. The van der Waals surface area contributed by atoms with Gasteiger partial charge in [-0.15, -0.1) is 0 Å². The molecule has 1 aliphatic rings. The van der Waals surface area contributed by atoms with Gasteiger partial charge in [0.25, 0.3) is 5.91 Å². The standard InChI is InChI=1S/C25H26ClN7O/c1-2-15-13-30-24(27)21-22(32-33(23(15)21)17-6-5-10-28-14-17)18-9-8-16(12-19(18)26)25(34)31-20-7-3-4-11-29-20/h3-4,7-9,11-13,17,28H,2,5-6,10,14H2,1H3,(H2,27,30)(H,29,31,34)/t17-/m1/s1. The van der Waals surface area contributed by atoms with Crippen LogP contribution < -0.4 is 16.4 Å². The lowest BCUT2D eigenvalue weighted by Crippen LogP contribution is -2.32. The van der Waals surface area contributed by atoms with Crippen LogP contribution in [0.3, 0.4) is 0 Å². The minimum absolute atomic E-state index is 0.222. The van der Waals surface area contributed by atoms with Gasteiger partial charge in [-0.3, -0.25) is 9.48 Å². The maximum absolute atomic E-state index is 12.7. The molecule has 0 bridgehead atoms. The van der Waals surface area contributed by atoms with Crippen molar-refractivity contribution in [1.82, 2.24) is 25.1 Å². The number of pyridine rings is 2. The summed E-state index contributed by atoms with van der Waals surface area (Å²) < 4.78 is 2.09. The Morgan fingerprint density at radius 2 is 2.18 bits per heavy atom. The van der Waals surface area contributed by atoms with Gasteiger partial charge in [0.05, 0.1) is 22.0 Å². The van der Waals surface area contributed by atoms with Gasteiger partial charge < -0.3 is 16.4 Å². The number of carbonyl (C=O) groups is 1. The van der Waals surface area contributed by atoms with Gasteiger partial charge in [0.15, 0.2) is 0 Å². The fourth-order valence-corrected chi connectivity index (χ4v) is 4.76. The predicted molar refractivity (Wildman–Crippen MR) is 135 cm³/mol. The maximum Gasteiger partial charge on any atom is 0.256 e. The summed E-state index contributed by atoms with van der Waals surface area (Å²) in [6.07, 6.45) is 6.40. The molecular formula is C25H26ClN7O. The van der Waals surface area contributed by atoms with E-state index in [1.165, 1.54) is 0 Å². The molecule has 3 aromatic heterocycles. The Kier molecular flexibility index (Phi) is 6.17. The number of hydrogen-bond donors (Lipinski definition) is 3. The van der Waals surface area contributed by atoms with Crippen molar-refractivity contribution in [2.45, 2.75) is 32.2 Å². The zero-order valence-corrected chi connectivity index (χ0v) is 19.6. The second-order valence-corrected chi connectivity index (χ2v) is 8.81. The molecule has 0 radical (unpaired) electrons. The average molecular weight is 476 g/mol. The van der Waals surface area contributed by atoms with E-state index in [4.69, 9.17) is 22.4 Å². The van der Waals surface area contributed by atoms with E-state index in [1.54, 1.807) is 30.5 Å². The van der Waals surface area contributed by atoms with E-state index in [0.717, 1.165) is 48.8 Å². The quantitative estimate of drug-likeness (QED) is 0.393. The molecule has 5 rings (SSSR count). The highest BCUT2D eigenvalue weighted by atomic mass is 35.5. The van der Waals surface area contributed by atoms with Gasteiger partial charge in [0.2, 0.25) is 0 Å². The number of hydrogen-bond acceptors (Lipinski definition) is 6. The molecule has 4 aromatic rings. The van der Waals surface area contributed by atoms with E-state index >= 15 is 0 Å². The predicted octanol–water partition coefficient (Wildman–Crippen LogP) is 4.47. The zero-order chi connectivity index (χ0) is 23.7. The number of carbonyl (C=O) groups excluding carboxylic acids is 1. The topological polar surface area (TPSA) is 111 Å². The first-order chi connectivity index (χ1) is 16.6. The minimum atomic E-state index is -0.287. The lowest BCUT2D eigenvalue weighted by Gasteiger charge is -2.24. The largest absolute Gasteiger partial charge is 0.383 e.